The zero-order valence-electron chi connectivity index (χ0n) is 30.3. The number of hydrogen-bond acceptors (Lipinski definition) is 0. The third-order valence-electron chi connectivity index (χ3n) is 15.0. The molecule has 9 aliphatic rings. The van der Waals surface area contributed by atoms with E-state index in [-0.39, 0.29) is 7.43 Å². The summed E-state index contributed by atoms with van der Waals surface area (Å²) in [6.45, 7) is 12.0. The van der Waals surface area contributed by atoms with Crippen molar-refractivity contribution in [2.75, 3.05) is 0 Å². The number of rotatable bonds is 0. The standard InChI is InChI=1S/C11H20.C10H18.C9H16.C8H14.C5H10.CH4/c1-9-4-2-5-10-6-3-7-11(10)8-9;1-9-4-2-5-10(8-9)6-3-7-10;1-7-5-8-3-2-4-9(8)6-7;1-7-5-8(6-7)3-2-4-8;1-5-3-2-4-5;/h9-11H,2-8H2,1H3;9H,2-8H2,1H3;7-9H,2-6H2,1H3;7H,2-6H2,1H3;5H,2-4H2,1H3;1H4. The Kier molecular flexibility index (Phi) is 14.6. The highest BCUT2D eigenvalue weighted by Crippen LogP contribution is 2.58. The SMILES string of the molecule is C.CC1CC2(CCC2)C1.CC1CC2CCCC2C1.CC1CCC1.CC1CCCC2(CCC2)C1.CC1CCCC2CCCC2C1. The average Bonchev–Trinajstić information content (AvgIpc) is 3.59. The number of fused-ring (bicyclic) bond motifs is 2. The Labute approximate surface area is 278 Å². The fourth-order valence-corrected chi connectivity index (χ4v) is 12.0. The van der Waals surface area contributed by atoms with E-state index in [0.717, 1.165) is 64.1 Å². The van der Waals surface area contributed by atoms with Crippen molar-refractivity contribution in [2.24, 2.45) is 64.1 Å². The van der Waals surface area contributed by atoms with Crippen molar-refractivity contribution in [3.63, 3.8) is 0 Å². The molecule has 6 atom stereocenters. The van der Waals surface area contributed by atoms with Gasteiger partial charge >= 0.3 is 0 Å². The predicted octanol–water partition coefficient (Wildman–Crippen LogP) is 14.8. The van der Waals surface area contributed by atoms with Crippen LogP contribution in [-0.2, 0) is 0 Å². The molecule has 9 fully saturated rings. The summed E-state index contributed by atoms with van der Waals surface area (Å²) in [5.74, 6) is 9.83. The van der Waals surface area contributed by atoms with E-state index in [1.165, 1.54) is 70.6 Å². The second-order valence-electron chi connectivity index (χ2n) is 19.2. The van der Waals surface area contributed by atoms with Crippen LogP contribution in [0.3, 0.4) is 0 Å². The summed E-state index contributed by atoms with van der Waals surface area (Å²) in [6, 6.07) is 0. The Bertz CT molecular complexity index is 762. The summed E-state index contributed by atoms with van der Waals surface area (Å²) < 4.78 is 0. The van der Waals surface area contributed by atoms with E-state index < -0.39 is 0 Å². The first-order valence-electron chi connectivity index (χ1n) is 20.7. The number of hydrogen-bond donors (Lipinski definition) is 0. The third-order valence-corrected chi connectivity index (χ3v) is 15.0. The van der Waals surface area contributed by atoms with Gasteiger partial charge in [0.1, 0.15) is 0 Å². The third kappa shape index (κ3) is 10.5. The molecule has 0 saturated heterocycles. The van der Waals surface area contributed by atoms with Crippen LogP contribution in [0.1, 0.15) is 215 Å². The highest BCUT2D eigenvalue weighted by Gasteiger charge is 2.46. The molecule has 9 rings (SSSR count). The molecule has 0 aromatic carbocycles. The van der Waals surface area contributed by atoms with E-state index in [0.29, 0.717) is 0 Å². The minimum atomic E-state index is 0. The topological polar surface area (TPSA) is 0 Å². The van der Waals surface area contributed by atoms with Gasteiger partial charge in [-0.3, -0.25) is 0 Å². The summed E-state index contributed by atoms with van der Waals surface area (Å²) in [6.07, 6.45) is 41.4. The lowest BCUT2D eigenvalue weighted by Gasteiger charge is -2.53. The maximum atomic E-state index is 2.45. The van der Waals surface area contributed by atoms with Gasteiger partial charge in [0.05, 0.1) is 0 Å². The molecular weight excluding hydrogens is 528 g/mol. The zero-order valence-corrected chi connectivity index (χ0v) is 30.3. The lowest BCUT2D eigenvalue weighted by molar-refractivity contribution is -0.0161. The van der Waals surface area contributed by atoms with Gasteiger partial charge in [-0.2, -0.15) is 0 Å². The molecule has 0 heteroatoms. The lowest BCUT2D eigenvalue weighted by atomic mass is 9.52. The Hall–Kier alpha value is 0. The highest BCUT2D eigenvalue weighted by atomic mass is 14.5. The van der Waals surface area contributed by atoms with Gasteiger partial charge in [-0.25, -0.2) is 0 Å². The van der Waals surface area contributed by atoms with Crippen molar-refractivity contribution < 1.29 is 0 Å². The van der Waals surface area contributed by atoms with E-state index in [1.807, 2.05) is 0 Å². The van der Waals surface area contributed by atoms with Crippen LogP contribution in [-0.4, -0.2) is 0 Å². The molecule has 2 spiro atoms. The van der Waals surface area contributed by atoms with E-state index in [2.05, 4.69) is 34.6 Å². The molecule has 0 aromatic rings. The maximum absolute atomic E-state index is 2.45. The summed E-state index contributed by atoms with van der Waals surface area (Å²) in [5.41, 5.74) is 1.79. The Balaban J connectivity index is 0.000000127. The summed E-state index contributed by atoms with van der Waals surface area (Å²) in [7, 11) is 0. The van der Waals surface area contributed by atoms with Crippen molar-refractivity contribution in [3.8, 4) is 0 Å². The van der Waals surface area contributed by atoms with Gasteiger partial charge in [0, 0.05) is 0 Å². The predicted molar refractivity (Wildman–Crippen MR) is 196 cm³/mol. The van der Waals surface area contributed by atoms with Gasteiger partial charge in [0.15, 0.2) is 0 Å². The Morgan fingerprint density at radius 3 is 1.07 bits per heavy atom. The van der Waals surface area contributed by atoms with Crippen molar-refractivity contribution >= 4 is 0 Å². The van der Waals surface area contributed by atoms with Crippen LogP contribution in [0.15, 0.2) is 0 Å². The van der Waals surface area contributed by atoms with Crippen LogP contribution >= 0.6 is 0 Å². The van der Waals surface area contributed by atoms with Crippen LogP contribution in [0.2, 0.25) is 0 Å². The second kappa shape index (κ2) is 17.4. The minimum Gasteiger partial charge on any atom is -0.0776 e. The average molecular weight is 611 g/mol. The van der Waals surface area contributed by atoms with Crippen molar-refractivity contribution in [2.45, 2.75) is 215 Å². The van der Waals surface area contributed by atoms with Gasteiger partial charge in [-0.15, -0.1) is 0 Å². The molecule has 9 saturated carbocycles. The molecule has 0 amide bonds. The smallest absolute Gasteiger partial charge is 0.0292 e. The molecular formula is C44H82. The molecule has 0 bridgehead atoms. The van der Waals surface area contributed by atoms with Gasteiger partial charge in [0.2, 0.25) is 0 Å². The van der Waals surface area contributed by atoms with E-state index >= 15 is 0 Å². The van der Waals surface area contributed by atoms with Crippen LogP contribution < -0.4 is 0 Å². The second-order valence-corrected chi connectivity index (χ2v) is 19.2. The lowest BCUT2D eigenvalue weighted by Crippen LogP contribution is -2.41. The molecule has 9 aliphatic carbocycles. The first-order chi connectivity index (χ1) is 20.7. The monoisotopic (exact) mass is 611 g/mol. The van der Waals surface area contributed by atoms with Gasteiger partial charge in [-0.05, 0) is 135 Å². The molecule has 0 N–H and O–H groups in total. The maximum Gasteiger partial charge on any atom is -0.0292 e. The van der Waals surface area contributed by atoms with E-state index in [9.17, 15) is 0 Å². The fraction of sp³-hybridized carbons (Fsp3) is 1.00. The highest BCUT2D eigenvalue weighted by molar-refractivity contribution is 4.97. The molecule has 0 nitrogen and oxygen atoms in total. The van der Waals surface area contributed by atoms with E-state index in [4.69, 9.17) is 0 Å². The zero-order chi connectivity index (χ0) is 30.3. The normalized spacial score (nSPS) is 39.1. The first kappa shape index (κ1) is 36.8. The van der Waals surface area contributed by atoms with Gasteiger partial charge < -0.3 is 0 Å². The Morgan fingerprint density at radius 2 is 0.682 bits per heavy atom. The van der Waals surface area contributed by atoms with Crippen LogP contribution in [0, 0.1) is 64.1 Å². The largest absolute Gasteiger partial charge is 0.0776 e. The summed E-state index contributed by atoms with van der Waals surface area (Å²) in [5, 5.41) is 0. The summed E-state index contributed by atoms with van der Waals surface area (Å²) >= 11 is 0. The van der Waals surface area contributed by atoms with Gasteiger partial charge in [-0.1, -0.05) is 145 Å². The van der Waals surface area contributed by atoms with Crippen molar-refractivity contribution in [3.05, 3.63) is 0 Å². The van der Waals surface area contributed by atoms with Crippen LogP contribution in [0.4, 0.5) is 0 Å². The minimum absolute atomic E-state index is 0. The molecule has 0 heterocycles. The van der Waals surface area contributed by atoms with Crippen LogP contribution in [0.25, 0.3) is 0 Å². The van der Waals surface area contributed by atoms with Crippen molar-refractivity contribution in [1.29, 1.82) is 0 Å². The quantitative estimate of drug-likeness (QED) is 0.256. The van der Waals surface area contributed by atoms with E-state index in [1.54, 1.807) is 103 Å². The molecule has 0 radical (unpaired) electrons. The molecule has 0 aromatic heterocycles. The van der Waals surface area contributed by atoms with Crippen LogP contribution in [0.5, 0.6) is 0 Å². The Morgan fingerprint density at radius 1 is 0.318 bits per heavy atom. The molecule has 44 heavy (non-hydrogen) atoms. The molecule has 6 unspecified atom stereocenters. The first-order valence-corrected chi connectivity index (χ1v) is 20.7. The summed E-state index contributed by atoms with van der Waals surface area (Å²) in [4.78, 5) is 0. The van der Waals surface area contributed by atoms with Gasteiger partial charge in [0.25, 0.3) is 0 Å². The fourth-order valence-electron chi connectivity index (χ4n) is 12.0. The molecule has 258 valence electrons. The molecule has 0 aliphatic heterocycles. The van der Waals surface area contributed by atoms with Crippen molar-refractivity contribution in [1.82, 2.24) is 0 Å².